The van der Waals surface area contributed by atoms with Gasteiger partial charge in [0.15, 0.2) is 5.75 Å². The first-order valence-corrected chi connectivity index (χ1v) is 5.78. The number of halogens is 1. The van der Waals surface area contributed by atoms with Gasteiger partial charge < -0.3 is 9.84 Å². The topological polar surface area (TPSA) is 46.5 Å². The highest BCUT2D eigenvalue weighted by atomic mass is 19.1. The summed E-state index contributed by atoms with van der Waals surface area (Å²) in [7, 11) is 0. The van der Waals surface area contributed by atoms with Crippen molar-refractivity contribution in [1.29, 1.82) is 0 Å². The van der Waals surface area contributed by atoms with Gasteiger partial charge in [-0.1, -0.05) is 0 Å². The van der Waals surface area contributed by atoms with Crippen LogP contribution in [0.4, 0.5) is 4.39 Å². The van der Waals surface area contributed by atoms with E-state index in [0.29, 0.717) is 5.41 Å². The molecule has 1 spiro atoms. The van der Waals surface area contributed by atoms with E-state index in [-0.39, 0.29) is 11.9 Å². The van der Waals surface area contributed by atoms with Crippen LogP contribution in [0.2, 0.25) is 0 Å². The minimum Gasteiger partial charge on any atom is -0.502 e. The molecule has 4 heteroatoms. The summed E-state index contributed by atoms with van der Waals surface area (Å²) in [5.74, 6) is -1.14. The maximum absolute atomic E-state index is 13.2. The van der Waals surface area contributed by atoms with Gasteiger partial charge in [0.1, 0.15) is 5.82 Å². The quantitative estimate of drug-likeness (QED) is 0.856. The predicted octanol–water partition coefficient (Wildman–Crippen LogP) is 2.21. The lowest BCUT2D eigenvalue weighted by molar-refractivity contribution is 0.0480. The summed E-state index contributed by atoms with van der Waals surface area (Å²) < 4.78 is 18.7. The van der Waals surface area contributed by atoms with E-state index in [0.717, 1.165) is 31.0 Å². The van der Waals surface area contributed by atoms with Crippen molar-refractivity contribution in [2.45, 2.75) is 31.8 Å². The van der Waals surface area contributed by atoms with E-state index in [1.807, 2.05) is 0 Å². The maximum atomic E-state index is 13.2. The lowest BCUT2D eigenvalue weighted by Gasteiger charge is -2.35. The van der Waals surface area contributed by atoms with Gasteiger partial charge >= 0.3 is 0 Å². The lowest BCUT2D eigenvalue weighted by atomic mass is 9.79. The van der Waals surface area contributed by atoms with Crippen molar-refractivity contribution in [3.63, 3.8) is 0 Å². The number of ether oxygens (including phenoxy) is 1. The first kappa shape index (κ1) is 10.6. The Morgan fingerprint density at radius 3 is 2.71 bits per heavy atom. The van der Waals surface area contributed by atoms with Crippen LogP contribution in [0.5, 0.6) is 11.5 Å². The molecule has 0 unspecified atom stereocenters. The first-order chi connectivity index (χ1) is 8.08. The van der Waals surface area contributed by atoms with Gasteiger partial charge in [-0.15, -0.1) is 0 Å². The van der Waals surface area contributed by atoms with Crippen LogP contribution in [0.15, 0.2) is 23.0 Å². The molecule has 0 radical (unpaired) electrons. The van der Waals surface area contributed by atoms with Crippen molar-refractivity contribution >= 4 is 0 Å². The molecule has 90 valence electrons. The van der Waals surface area contributed by atoms with Gasteiger partial charge in [0, 0.05) is 6.07 Å². The summed E-state index contributed by atoms with van der Waals surface area (Å²) in [5, 5.41) is 9.59. The third kappa shape index (κ3) is 1.88. The zero-order valence-electron chi connectivity index (χ0n) is 9.28. The van der Waals surface area contributed by atoms with Gasteiger partial charge in [0.25, 0.3) is 0 Å². The summed E-state index contributed by atoms with van der Waals surface area (Å²) in [6.07, 6.45) is 4.37. The molecule has 17 heavy (non-hydrogen) atoms. The minimum absolute atomic E-state index is 0.00426. The van der Waals surface area contributed by atoms with E-state index in [1.165, 1.54) is 12.8 Å². The molecule has 3 nitrogen and oxygen atoms in total. The smallest absolute Gasteiger partial charge is 0.224 e. The Morgan fingerprint density at radius 2 is 2.06 bits per heavy atom. The van der Waals surface area contributed by atoms with Gasteiger partial charge in [0.2, 0.25) is 11.2 Å². The highest BCUT2D eigenvalue weighted by Crippen LogP contribution is 2.61. The second kappa shape index (κ2) is 3.45. The molecule has 0 atom stereocenters. The van der Waals surface area contributed by atoms with E-state index < -0.39 is 17.0 Å². The van der Waals surface area contributed by atoms with Crippen LogP contribution >= 0.6 is 0 Å². The van der Waals surface area contributed by atoms with Crippen LogP contribution in [0.25, 0.3) is 0 Å². The molecular formula is C13H13FO3. The monoisotopic (exact) mass is 236 g/mol. The Bertz CT molecular complexity index is 515. The predicted molar refractivity (Wildman–Crippen MR) is 59.7 cm³/mol. The average molecular weight is 236 g/mol. The molecule has 1 aromatic rings. The Hall–Kier alpha value is -1.58. The van der Waals surface area contributed by atoms with Crippen LogP contribution in [-0.2, 0) is 0 Å². The van der Waals surface area contributed by atoms with Gasteiger partial charge in [-0.3, -0.25) is 4.79 Å². The lowest BCUT2D eigenvalue weighted by Crippen LogP contribution is -2.35. The molecule has 0 heterocycles. The summed E-state index contributed by atoms with van der Waals surface area (Å²) >= 11 is 0. The molecule has 2 aliphatic carbocycles. The molecule has 0 amide bonds. The summed E-state index contributed by atoms with van der Waals surface area (Å²) in [6, 6.07) is 3.09. The number of rotatable bonds is 2. The Kier molecular flexibility index (Phi) is 2.15. The highest BCUT2D eigenvalue weighted by Gasteiger charge is 2.54. The fourth-order valence-corrected chi connectivity index (χ4v) is 2.44. The van der Waals surface area contributed by atoms with Crippen molar-refractivity contribution in [2.75, 3.05) is 0 Å². The van der Waals surface area contributed by atoms with Crippen LogP contribution in [0.3, 0.4) is 0 Å². The number of hydrogen-bond donors (Lipinski definition) is 1. The van der Waals surface area contributed by atoms with E-state index >= 15 is 0 Å². The van der Waals surface area contributed by atoms with Gasteiger partial charge in [-0.05, 0) is 43.2 Å². The molecule has 0 saturated heterocycles. The van der Waals surface area contributed by atoms with Crippen molar-refractivity contribution < 1.29 is 14.2 Å². The maximum Gasteiger partial charge on any atom is 0.224 e. The molecule has 0 aromatic heterocycles. The van der Waals surface area contributed by atoms with Crippen molar-refractivity contribution in [1.82, 2.24) is 0 Å². The van der Waals surface area contributed by atoms with E-state index in [9.17, 15) is 14.3 Å². The second-order valence-corrected chi connectivity index (χ2v) is 5.09. The van der Waals surface area contributed by atoms with Crippen LogP contribution < -0.4 is 10.2 Å². The molecule has 2 fully saturated rings. The summed E-state index contributed by atoms with van der Waals surface area (Å²) in [5.41, 5.74) is -0.153. The highest BCUT2D eigenvalue weighted by molar-refractivity contribution is 5.37. The van der Waals surface area contributed by atoms with Crippen LogP contribution in [0.1, 0.15) is 25.7 Å². The SMILES string of the molecule is O=c1ccc(F)cc(OC2CC3(CC3)C2)c1O. The Morgan fingerprint density at radius 1 is 1.35 bits per heavy atom. The fraction of sp³-hybridized carbons (Fsp3) is 0.462. The zero-order chi connectivity index (χ0) is 12.0. The molecule has 2 saturated carbocycles. The number of hydrogen-bond acceptors (Lipinski definition) is 3. The largest absolute Gasteiger partial charge is 0.502 e. The Balaban J connectivity index is 1.82. The van der Waals surface area contributed by atoms with Crippen LogP contribution in [-0.4, -0.2) is 11.2 Å². The van der Waals surface area contributed by atoms with Crippen molar-refractivity contribution in [3.05, 3.63) is 34.2 Å². The van der Waals surface area contributed by atoms with Gasteiger partial charge in [-0.25, -0.2) is 4.39 Å². The molecule has 1 N–H and O–H groups in total. The second-order valence-electron chi connectivity index (χ2n) is 5.09. The zero-order valence-corrected chi connectivity index (χ0v) is 9.28. The van der Waals surface area contributed by atoms with Gasteiger partial charge in [-0.2, -0.15) is 0 Å². The van der Waals surface area contributed by atoms with E-state index in [2.05, 4.69) is 0 Å². The summed E-state index contributed by atoms with van der Waals surface area (Å²) in [4.78, 5) is 11.3. The minimum atomic E-state index is -0.621. The molecular weight excluding hydrogens is 223 g/mol. The van der Waals surface area contributed by atoms with E-state index in [1.54, 1.807) is 0 Å². The molecule has 0 aliphatic heterocycles. The van der Waals surface area contributed by atoms with E-state index in [4.69, 9.17) is 4.74 Å². The van der Waals surface area contributed by atoms with Crippen molar-refractivity contribution in [2.24, 2.45) is 5.41 Å². The number of aromatic hydroxyl groups is 1. The third-order valence-corrected chi connectivity index (χ3v) is 3.70. The third-order valence-electron chi connectivity index (χ3n) is 3.70. The van der Waals surface area contributed by atoms with Crippen LogP contribution in [0, 0.1) is 11.2 Å². The summed E-state index contributed by atoms with van der Waals surface area (Å²) in [6.45, 7) is 0. The normalized spacial score (nSPS) is 21.0. The molecule has 1 aromatic carbocycles. The van der Waals surface area contributed by atoms with Gasteiger partial charge in [0.05, 0.1) is 6.10 Å². The molecule has 2 aliphatic rings. The fourth-order valence-electron chi connectivity index (χ4n) is 2.44. The standard InChI is InChI=1S/C13H13FO3/c14-8-1-2-10(15)12(16)11(5-8)17-9-6-13(7-9)3-4-13/h1-2,5,9H,3-4,6-7H2,(H,15,16). The van der Waals surface area contributed by atoms with Crippen molar-refractivity contribution in [3.8, 4) is 11.5 Å². The average Bonchev–Trinajstić information content (AvgIpc) is 3.03. The first-order valence-electron chi connectivity index (χ1n) is 5.78. The molecule has 0 bridgehead atoms. The Labute approximate surface area is 97.9 Å². The molecule has 3 rings (SSSR count).